The molecule has 1 aliphatic heterocycles. The number of anilines is 2. The second kappa shape index (κ2) is 11.5. The molecule has 194 valence electrons. The van der Waals surface area contributed by atoms with Crippen molar-refractivity contribution in [1.82, 2.24) is 9.47 Å². The number of alkyl halides is 3. The van der Waals surface area contributed by atoms with Crippen LogP contribution in [0.15, 0.2) is 53.6 Å². The number of thioether (sulfide) groups is 1. The van der Waals surface area contributed by atoms with E-state index in [1.165, 1.54) is 10.8 Å². The maximum absolute atomic E-state index is 13.2. The number of rotatable bonds is 9. The maximum atomic E-state index is 13.2. The van der Waals surface area contributed by atoms with E-state index >= 15 is 0 Å². The van der Waals surface area contributed by atoms with Crippen LogP contribution in [0.1, 0.15) is 18.4 Å². The Morgan fingerprint density at radius 2 is 1.89 bits per heavy atom. The van der Waals surface area contributed by atoms with Crippen LogP contribution in [0.2, 0.25) is 0 Å². The highest BCUT2D eigenvalue weighted by Crippen LogP contribution is 2.32. The summed E-state index contributed by atoms with van der Waals surface area (Å²) in [5.74, 6) is 0.770. The second-order valence-electron chi connectivity index (χ2n) is 9.13. The first-order chi connectivity index (χ1) is 17.3. The molecule has 0 radical (unpaired) electrons. The lowest BCUT2D eigenvalue weighted by Crippen LogP contribution is -2.36. The standard InChI is InChI=1S/C27H33F3N4OS/c1-33-12-8-20(9-13-33)32-24-15-19(16-25-22(24)10-14-34(25)18-27(28,29)30)5-4-11-31-23-7-6-21(36-3)17-26(23)35-2/h4-7,10,14-17,20,31-32H,8-9,11-13,18H2,1-3H3/b5-4+. The molecule has 2 heterocycles. The van der Waals surface area contributed by atoms with Crippen LogP contribution >= 0.6 is 11.8 Å². The van der Waals surface area contributed by atoms with E-state index in [1.54, 1.807) is 24.9 Å². The monoisotopic (exact) mass is 518 g/mol. The van der Waals surface area contributed by atoms with Gasteiger partial charge in [0.25, 0.3) is 0 Å². The largest absolute Gasteiger partial charge is 0.495 e. The fourth-order valence-corrected chi connectivity index (χ4v) is 4.97. The number of hydrogen-bond donors (Lipinski definition) is 2. The van der Waals surface area contributed by atoms with Crippen molar-refractivity contribution < 1.29 is 17.9 Å². The number of likely N-dealkylation sites (tertiary alicyclic amines) is 1. The summed E-state index contributed by atoms with van der Waals surface area (Å²) < 4.78 is 46.4. The molecule has 1 saturated heterocycles. The minimum Gasteiger partial charge on any atom is -0.495 e. The van der Waals surface area contributed by atoms with Crippen molar-refractivity contribution in [2.75, 3.05) is 50.7 Å². The van der Waals surface area contributed by atoms with Gasteiger partial charge < -0.3 is 24.8 Å². The molecule has 36 heavy (non-hydrogen) atoms. The average Bonchev–Trinajstić information content (AvgIpc) is 3.24. The van der Waals surface area contributed by atoms with Crippen molar-refractivity contribution in [1.29, 1.82) is 0 Å². The number of hydrogen-bond acceptors (Lipinski definition) is 5. The summed E-state index contributed by atoms with van der Waals surface area (Å²) in [6.07, 6.45) is 5.18. The Hall–Kier alpha value is -2.78. The normalized spacial score (nSPS) is 15.6. The summed E-state index contributed by atoms with van der Waals surface area (Å²) in [5, 5.41) is 7.78. The fraction of sp³-hybridized carbons (Fsp3) is 0.407. The van der Waals surface area contributed by atoms with E-state index in [0.717, 1.165) is 58.9 Å². The van der Waals surface area contributed by atoms with Gasteiger partial charge in [0.2, 0.25) is 0 Å². The second-order valence-corrected chi connectivity index (χ2v) is 10.0. The molecule has 1 aliphatic rings. The Balaban J connectivity index is 1.55. The summed E-state index contributed by atoms with van der Waals surface area (Å²) in [4.78, 5) is 3.41. The van der Waals surface area contributed by atoms with Crippen molar-refractivity contribution in [3.8, 4) is 5.75 Å². The van der Waals surface area contributed by atoms with Gasteiger partial charge in [-0.05, 0) is 81.2 Å². The van der Waals surface area contributed by atoms with Crippen LogP contribution in [0.3, 0.4) is 0 Å². The number of benzene rings is 2. The molecule has 3 aromatic rings. The summed E-state index contributed by atoms with van der Waals surface area (Å²) in [6.45, 7) is 1.55. The zero-order valence-corrected chi connectivity index (χ0v) is 21.7. The van der Waals surface area contributed by atoms with E-state index in [-0.39, 0.29) is 0 Å². The first kappa shape index (κ1) is 26.3. The van der Waals surface area contributed by atoms with Crippen molar-refractivity contribution >= 4 is 40.1 Å². The highest BCUT2D eigenvalue weighted by atomic mass is 32.2. The molecule has 0 saturated carbocycles. The Morgan fingerprint density at radius 3 is 2.58 bits per heavy atom. The molecule has 0 amide bonds. The van der Waals surface area contributed by atoms with Gasteiger partial charge in [-0.1, -0.05) is 12.2 Å². The number of nitrogens with one attached hydrogen (secondary N) is 2. The predicted octanol–water partition coefficient (Wildman–Crippen LogP) is 6.57. The van der Waals surface area contributed by atoms with Gasteiger partial charge in [0, 0.05) is 34.8 Å². The Labute approximate surface area is 214 Å². The number of halogens is 3. The molecular formula is C27H33F3N4OS. The summed E-state index contributed by atoms with van der Waals surface area (Å²) in [7, 11) is 3.75. The van der Waals surface area contributed by atoms with Gasteiger partial charge in [0.15, 0.2) is 0 Å². The van der Waals surface area contributed by atoms with E-state index < -0.39 is 12.7 Å². The van der Waals surface area contributed by atoms with E-state index in [2.05, 4.69) is 22.6 Å². The average molecular weight is 519 g/mol. The molecule has 0 bridgehead atoms. The van der Waals surface area contributed by atoms with E-state index in [9.17, 15) is 13.2 Å². The zero-order valence-electron chi connectivity index (χ0n) is 20.9. The van der Waals surface area contributed by atoms with Gasteiger partial charge in [-0.3, -0.25) is 0 Å². The van der Waals surface area contributed by atoms with E-state index in [4.69, 9.17) is 4.74 Å². The number of fused-ring (bicyclic) bond motifs is 1. The van der Waals surface area contributed by atoms with E-state index in [0.29, 0.717) is 18.1 Å². The molecular weight excluding hydrogens is 485 g/mol. The van der Waals surface area contributed by atoms with Crippen LogP contribution in [0.25, 0.3) is 17.0 Å². The van der Waals surface area contributed by atoms with Gasteiger partial charge in [-0.25, -0.2) is 0 Å². The maximum Gasteiger partial charge on any atom is 0.406 e. The number of aromatic nitrogens is 1. The molecule has 2 N–H and O–H groups in total. The molecule has 0 spiro atoms. The van der Waals surface area contributed by atoms with Crippen molar-refractivity contribution in [3.63, 3.8) is 0 Å². The Morgan fingerprint density at radius 1 is 1.11 bits per heavy atom. The lowest BCUT2D eigenvalue weighted by Gasteiger charge is -2.30. The van der Waals surface area contributed by atoms with Crippen molar-refractivity contribution in [2.24, 2.45) is 0 Å². The molecule has 9 heteroatoms. The topological polar surface area (TPSA) is 41.5 Å². The molecule has 1 fully saturated rings. The quantitative estimate of drug-likeness (QED) is 0.314. The first-order valence-electron chi connectivity index (χ1n) is 12.0. The molecule has 2 aromatic carbocycles. The number of methoxy groups -OCH3 is 1. The van der Waals surface area contributed by atoms with Crippen LogP contribution in [0.5, 0.6) is 5.75 Å². The molecule has 0 aliphatic carbocycles. The summed E-state index contributed by atoms with van der Waals surface area (Å²) in [6, 6.07) is 11.9. The third-order valence-corrected chi connectivity index (χ3v) is 7.19. The van der Waals surface area contributed by atoms with Crippen LogP contribution in [0.4, 0.5) is 24.5 Å². The van der Waals surface area contributed by atoms with Crippen LogP contribution in [0, 0.1) is 0 Å². The number of ether oxygens (including phenoxy) is 1. The third kappa shape index (κ3) is 6.70. The van der Waals surface area contributed by atoms with Gasteiger partial charge >= 0.3 is 6.18 Å². The fourth-order valence-electron chi connectivity index (χ4n) is 4.55. The summed E-state index contributed by atoms with van der Waals surface area (Å²) >= 11 is 1.65. The van der Waals surface area contributed by atoms with Gasteiger partial charge in [0.1, 0.15) is 12.3 Å². The molecule has 5 nitrogen and oxygen atoms in total. The first-order valence-corrected chi connectivity index (χ1v) is 13.3. The molecule has 0 unspecified atom stereocenters. The van der Waals surface area contributed by atoms with Crippen LogP contribution < -0.4 is 15.4 Å². The Kier molecular flexibility index (Phi) is 8.41. The molecule has 4 rings (SSSR count). The van der Waals surface area contributed by atoms with E-state index in [1.807, 2.05) is 48.7 Å². The molecule has 0 atom stereocenters. The smallest absolute Gasteiger partial charge is 0.406 e. The van der Waals surface area contributed by atoms with Crippen LogP contribution in [-0.4, -0.2) is 61.7 Å². The minimum atomic E-state index is -4.28. The number of nitrogens with zero attached hydrogens (tertiary/aromatic N) is 2. The van der Waals surface area contributed by atoms with Gasteiger partial charge in [0.05, 0.1) is 18.3 Å². The van der Waals surface area contributed by atoms with Gasteiger partial charge in [-0.15, -0.1) is 11.8 Å². The zero-order chi connectivity index (χ0) is 25.7. The van der Waals surface area contributed by atoms with Crippen LogP contribution in [-0.2, 0) is 6.54 Å². The molecule has 1 aromatic heterocycles. The summed E-state index contributed by atoms with van der Waals surface area (Å²) in [5.41, 5.74) is 3.20. The Bertz CT molecular complexity index is 1200. The lowest BCUT2D eigenvalue weighted by atomic mass is 10.0. The highest BCUT2D eigenvalue weighted by molar-refractivity contribution is 7.98. The highest BCUT2D eigenvalue weighted by Gasteiger charge is 2.28. The predicted molar refractivity (Wildman–Crippen MR) is 144 cm³/mol. The van der Waals surface area contributed by atoms with Crippen molar-refractivity contribution in [3.05, 3.63) is 54.2 Å². The van der Waals surface area contributed by atoms with Gasteiger partial charge in [-0.2, -0.15) is 13.2 Å². The SMILES string of the molecule is COc1cc(SC)ccc1NC/C=C/c1cc(NC2CCN(C)CC2)c2ccn(CC(F)(F)F)c2c1. The lowest BCUT2D eigenvalue weighted by molar-refractivity contribution is -0.139. The third-order valence-electron chi connectivity index (χ3n) is 6.47. The minimum absolute atomic E-state index is 0.299. The number of piperidine rings is 1. The van der Waals surface area contributed by atoms with Crippen molar-refractivity contribution in [2.45, 2.75) is 36.5 Å².